The Balaban J connectivity index is 2.23. The molecule has 4 heteroatoms. The first kappa shape index (κ1) is 12.9. The predicted octanol–water partition coefficient (Wildman–Crippen LogP) is 0.0676. The summed E-state index contributed by atoms with van der Waals surface area (Å²) in [7, 11) is 0. The van der Waals surface area contributed by atoms with Crippen molar-refractivity contribution in [1.29, 1.82) is 0 Å². The summed E-state index contributed by atoms with van der Waals surface area (Å²) in [4.78, 5) is 2.29. The summed E-state index contributed by atoms with van der Waals surface area (Å²) in [6.07, 6.45) is 0. The summed E-state index contributed by atoms with van der Waals surface area (Å²) in [5, 5.41) is 12.6. The molecule has 1 rings (SSSR count). The summed E-state index contributed by atoms with van der Waals surface area (Å²) in [6, 6.07) is 0.181. The summed E-state index contributed by atoms with van der Waals surface area (Å²) >= 11 is 0. The molecule has 0 saturated carbocycles. The molecule has 1 aliphatic heterocycles. The summed E-state index contributed by atoms with van der Waals surface area (Å²) < 4.78 is 5.33. The zero-order valence-corrected chi connectivity index (χ0v) is 10.1. The Morgan fingerprint density at radius 1 is 1.47 bits per heavy atom. The third-order valence-electron chi connectivity index (χ3n) is 2.61. The lowest BCUT2D eigenvalue weighted by Gasteiger charge is -2.35. The molecule has 1 heterocycles. The SMILES string of the molecule is CC(C)(C)NCCN1CCOCC1CO. The molecule has 0 aliphatic carbocycles. The van der Waals surface area contributed by atoms with E-state index in [4.69, 9.17) is 4.74 Å². The minimum absolute atomic E-state index is 0.168. The molecule has 0 bridgehead atoms. The molecule has 0 spiro atoms. The second kappa shape index (κ2) is 5.80. The molecule has 0 aromatic heterocycles. The highest BCUT2D eigenvalue weighted by atomic mass is 16.5. The van der Waals surface area contributed by atoms with Crippen LogP contribution in [0.5, 0.6) is 0 Å². The third-order valence-corrected chi connectivity index (χ3v) is 2.61. The average molecular weight is 216 g/mol. The maximum absolute atomic E-state index is 9.18. The van der Waals surface area contributed by atoms with Crippen molar-refractivity contribution in [3.05, 3.63) is 0 Å². The highest BCUT2D eigenvalue weighted by molar-refractivity contribution is 4.77. The van der Waals surface area contributed by atoms with Crippen molar-refractivity contribution in [3.8, 4) is 0 Å². The number of hydrogen-bond donors (Lipinski definition) is 2. The Hall–Kier alpha value is -0.160. The average Bonchev–Trinajstić information content (AvgIpc) is 2.16. The second-order valence-electron chi connectivity index (χ2n) is 5.12. The summed E-state index contributed by atoms with van der Waals surface area (Å²) in [5.74, 6) is 0. The van der Waals surface area contributed by atoms with Gasteiger partial charge in [0.2, 0.25) is 0 Å². The Bertz CT molecular complexity index is 180. The first-order chi connectivity index (χ1) is 7.03. The molecule has 15 heavy (non-hydrogen) atoms. The van der Waals surface area contributed by atoms with E-state index in [0.717, 1.165) is 26.2 Å². The monoisotopic (exact) mass is 216 g/mol. The van der Waals surface area contributed by atoms with Crippen molar-refractivity contribution in [1.82, 2.24) is 10.2 Å². The molecule has 0 aromatic carbocycles. The van der Waals surface area contributed by atoms with E-state index < -0.39 is 0 Å². The summed E-state index contributed by atoms with van der Waals surface area (Å²) in [6.45, 7) is 11.0. The van der Waals surface area contributed by atoms with Crippen molar-refractivity contribution < 1.29 is 9.84 Å². The molecule has 1 fully saturated rings. The van der Waals surface area contributed by atoms with Crippen molar-refractivity contribution in [2.45, 2.75) is 32.4 Å². The maximum Gasteiger partial charge on any atom is 0.0644 e. The lowest BCUT2D eigenvalue weighted by molar-refractivity contribution is -0.0270. The topological polar surface area (TPSA) is 44.7 Å². The molecule has 4 nitrogen and oxygen atoms in total. The quantitative estimate of drug-likeness (QED) is 0.698. The van der Waals surface area contributed by atoms with Gasteiger partial charge in [0.1, 0.15) is 0 Å². The van der Waals surface area contributed by atoms with E-state index in [0.29, 0.717) is 6.61 Å². The van der Waals surface area contributed by atoms with E-state index in [-0.39, 0.29) is 18.2 Å². The van der Waals surface area contributed by atoms with E-state index in [9.17, 15) is 5.11 Å². The van der Waals surface area contributed by atoms with Gasteiger partial charge in [-0.05, 0) is 20.8 Å². The number of rotatable bonds is 4. The van der Waals surface area contributed by atoms with E-state index in [1.54, 1.807) is 0 Å². The van der Waals surface area contributed by atoms with Crippen molar-refractivity contribution in [2.75, 3.05) is 39.5 Å². The van der Waals surface area contributed by atoms with Gasteiger partial charge in [0, 0.05) is 25.2 Å². The molecule has 1 saturated heterocycles. The van der Waals surface area contributed by atoms with Gasteiger partial charge >= 0.3 is 0 Å². The normalized spacial score (nSPS) is 24.4. The molecule has 0 amide bonds. The maximum atomic E-state index is 9.18. The van der Waals surface area contributed by atoms with Crippen LogP contribution in [0.1, 0.15) is 20.8 Å². The fraction of sp³-hybridized carbons (Fsp3) is 1.00. The largest absolute Gasteiger partial charge is 0.395 e. The number of aliphatic hydroxyl groups is 1. The van der Waals surface area contributed by atoms with Gasteiger partial charge in [-0.3, -0.25) is 4.90 Å². The van der Waals surface area contributed by atoms with Gasteiger partial charge in [-0.25, -0.2) is 0 Å². The van der Waals surface area contributed by atoms with Gasteiger partial charge in [0.25, 0.3) is 0 Å². The van der Waals surface area contributed by atoms with Gasteiger partial charge in [-0.2, -0.15) is 0 Å². The Kier molecular flexibility index (Phi) is 4.99. The van der Waals surface area contributed by atoms with E-state index in [1.165, 1.54) is 0 Å². The van der Waals surface area contributed by atoms with Crippen LogP contribution in [0, 0.1) is 0 Å². The molecule has 1 unspecified atom stereocenters. The van der Waals surface area contributed by atoms with Crippen molar-refractivity contribution in [3.63, 3.8) is 0 Å². The highest BCUT2D eigenvalue weighted by Crippen LogP contribution is 2.06. The van der Waals surface area contributed by atoms with Crippen LogP contribution < -0.4 is 5.32 Å². The van der Waals surface area contributed by atoms with Crippen LogP contribution in [-0.4, -0.2) is 61.0 Å². The number of hydrogen-bond acceptors (Lipinski definition) is 4. The van der Waals surface area contributed by atoms with Crippen LogP contribution in [0.25, 0.3) is 0 Å². The lowest BCUT2D eigenvalue weighted by atomic mass is 10.1. The van der Waals surface area contributed by atoms with Crippen LogP contribution in [0.4, 0.5) is 0 Å². The van der Waals surface area contributed by atoms with Crippen molar-refractivity contribution >= 4 is 0 Å². The smallest absolute Gasteiger partial charge is 0.0644 e. The number of nitrogens with zero attached hydrogens (tertiary/aromatic N) is 1. The molecular weight excluding hydrogens is 192 g/mol. The fourth-order valence-corrected chi connectivity index (χ4v) is 1.73. The minimum atomic E-state index is 0.168. The van der Waals surface area contributed by atoms with Crippen molar-refractivity contribution in [2.24, 2.45) is 0 Å². The van der Waals surface area contributed by atoms with Gasteiger partial charge in [0.15, 0.2) is 0 Å². The molecule has 1 atom stereocenters. The van der Waals surface area contributed by atoms with Crippen LogP contribution in [0.2, 0.25) is 0 Å². The van der Waals surface area contributed by atoms with Gasteiger partial charge in [-0.15, -0.1) is 0 Å². The molecule has 2 N–H and O–H groups in total. The number of aliphatic hydroxyl groups excluding tert-OH is 1. The Labute approximate surface area is 92.6 Å². The molecule has 0 radical (unpaired) electrons. The van der Waals surface area contributed by atoms with E-state index >= 15 is 0 Å². The van der Waals surface area contributed by atoms with Crippen LogP contribution in [0.15, 0.2) is 0 Å². The number of ether oxygens (including phenoxy) is 1. The summed E-state index contributed by atoms with van der Waals surface area (Å²) in [5.41, 5.74) is 0.168. The Morgan fingerprint density at radius 3 is 2.80 bits per heavy atom. The zero-order valence-electron chi connectivity index (χ0n) is 10.1. The zero-order chi connectivity index (χ0) is 11.3. The third kappa shape index (κ3) is 4.93. The van der Waals surface area contributed by atoms with Gasteiger partial charge < -0.3 is 15.2 Å². The molecule has 1 aliphatic rings. The van der Waals surface area contributed by atoms with Crippen LogP contribution in [0.3, 0.4) is 0 Å². The first-order valence-corrected chi connectivity index (χ1v) is 5.70. The second-order valence-corrected chi connectivity index (χ2v) is 5.12. The fourth-order valence-electron chi connectivity index (χ4n) is 1.73. The van der Waals surface area contributed by atoms with Crippen LogP contribution in [-0.2, 0) is 4.74 Å². The lowest BCUT2D eigenvalue weighted by Crippen LogP contribution is -2.51. The molecule has 90 valence electrons. The molecular formula is C11H24N2O2. The number of nitrogens with one attached hydrogen (secondary N) is 1. The first-order valence-electron chi connectivity index (χ1n) is 5.70. The number of morpholine rings is 1. The van der Waals surface area contributed by atoms with Crippen LogP contribution >= 0.6 is 0 Å². The minimum Gasteiger partial charge on any atom is -0.395 e. The highest BCUT2D eigenvalue weighted by Gasteiger charge is 2.21. The molecule has 0 aromatic rings. The standard InChI is InChI=1S/C11H24N2O2/c1-11(2,3)12-4-5-13-6-7-15-9-10(13)8-14/h10,12,14H,4-9H2,1-3H3. The van der Waals surface area contributed by atoms with Gasteiger partial charge in [0.05, 0.1) is 25.9 Å². The Morgan fingerprint density at radius 2 is 2.20 bits per heavy atom. The predicted molar refractivity (Wildman–Crippen MR) is 61.0 cm³/mol. The van der Waals surface area contributed by atoms with Gasteiger partial charge in [-0.1, -0.05) is 0 Å². The van der Waals surface area contributed by atoms with E-state index in [1.807, 2.05) is 0 Å². The van der Waals surface area contributed by atoms with E-state index in [2.05, 4.69) is 31.0 Å².